The minimum absolute atomic E-state index is 0.0758. The van der Waals surface area contributed by atoms with Crippen LogP contribution in [0.15, 0.2) is 36.7 Å². The number of nitrogens with one attached hydrogen (secondary N) is 1. The Morgan fingerprint density at radius 1 is 1.17 bits per heavy atom. The lowest BCUT2D eigenvalue weighted by atomic mass is 10.2. The van der Waals surface area contributed by atoms with Gasteiger partial charge in [-0.3, -0.25) is 9.78 Å². The number of anilines is 2. The molecule has 1 saturated heterocycles. The van der Waals surface area contributed by atoms with Gasteiger partial charge in [-0.05, 0) is 18.2 Å². The lowest BCUT2D eigenvalue weighted by Gasteiger charge is -2.28. The molecule has 1 aromatic carbocycles. The van der Waals surface area contributed by atoms with E-state index in [0.717, 1.165) is 30.9 Å². The van der Waals surface area contributed by atoms with Gasteiger partial charge in [0.15, 0.2) is 0 Å². The Kier molecular flexibility index (Phi) is 4.47. The van der Waals surface area contributed by atoms with E-state index in [1.165, 1.54) is 12.3 Å². The van der Waals surface area contributed by atoms with Crippen molar-refractivity contribution in [1.82, 2.24) is 4.98 Å². The average Bonchev–Trinajstić information content (AvgIpc) is 2.58. The second-order valence-corrected chi connectivity index (χ2v) is 5.11. The van der Waals surface area contributed by atoms with Gasteiger partial charge in [-0.2, -0.15) is 0 Å². The zero-order valence-electron chi connectivity index (χ0n) is 12.3. The molecule has 0 unspecified atom stereocenters. The molecule has 1 aliphatic heterocycles. The zero-order chi connectivity index (χ0) is 16.2. The van der Waals surface area contributed by atoms with Crippen molar-refractivity contribution in [1.29, 1.82) is 0 Å². The van der Waals surface area contributed by atoms with E-state index < -0.39 is 17.5 Å². The van der Waals surface area contributed by atoms with Crippen LogP contribution in [0.5, 0.6) is 0 Å². The number of halogens is 2. The third-order valence-electron chi connectivity index (χ3n) is 3.54. The van der Waals surface area contributed by atoms with E-state index in [0.29, 0.717) is 18.8 Å². The number of amides is 1. The summed E-state index contributed by atoms with van der Waals surface area (Å²) in [6.45, 7) is 2.69. The third kappa shape index (κ3) is 3.62. The smallest absolute Gasteiger partial charge is 0.257 e. The highest BCUT2D eigenvalue weighted by atomic mass is 19.1. The average molecular weight is 319 g/mol. The van der Waals surface area contributed by atoms with Crippen LogP contribution in [0.4, 0.5) is 20.2 Å². The van der Waals surface area contributed by atoms with E-state index >= 15 is 0 Å². The van der Waals surface area contributed by atoms with Crippen LogP contribution < -0.4 is 10.2 Å². The van der Waals surface area contributed by atoms with E-state index in [9.17, 15) is 13.6 Å². The summed E-state index contributed by atoms with van der Waals surface area (Å²) in [7, 11) is 0. The largest absolute Gasteiger partial charge is 0.378 e. The summed E-state index contributed by atoms with van der Waals surface area (Å²) >= 11 is 0. The first kappa shape index (κ1) is 15.4. The second-order valence-electron chi connectivity index (χ2n) is 5.11. The number of hydrogen-bond acceptors (Lipinski definition) is 4. The van der Waals surface area contributed by atoms with Gasteiger partial charge in [0.25, 0.3) is 5.91 Å². The summed E-state index contributed by atoms with van der Waals surface area (Å²) in [5.74, 6) is -2.02. The van der Waals surface area contributed by atoms with Crippen LogP contribution in [-0.4, -0.2) is 37.2 Å². The fourth-order valence-corrected chi connectivity index (χ4v) is 2.33. The summed E-state index contributed by atoms with van der Waals surface area (Å²) in [5, 5.41) is 2.42. The maximum Gasteiger partial charge on any atom is 0.257 e. The van der Waals surface area contributed by atoms with Crippen molar-refractivity contribution >= 4 is 17.3 Å². The van der Waals surface area contributed by atoms with E-state index in [2.05, 4.69) is 15.2 Å². The summed E-state index contributed by atoms with van der Waals surface area (Å²) in [5.41, 5.74) is 1.03. The standard InChI is InChI=1S/C16H15F2N3O2/c17-12-1-2-15(14(18)8-12)20-16(22)11-7-13(10-19-9-11)21-3-5-23-6-4-21/h1-2,7-10H,3-6H2,(H,20,22). The van der Waals surface area contributed by atoms with Gasteiger partial charge in [0.2, 0.25) is 0 Å². The fourth-order valence-electron chi connectivity index (χ4n) is 2.33. The van der Waals surface area contributed by atoms with Crippen molar-refractivity contribution in [2.75, 3.05) is 36.5 Å². The van der Waals surface area contributed by atoms with E-state index in [1.54, 1.807) is 12.3 Å². The maximum atomic E-state index is 13.6. The number of pyridine rings is 1. The number of aromatic nitrogens is 1. The monoisotopic (exact) mass is 319 g/mol. The van der Waals surface area contributed by atoms with Crippen LogP contribution in [0, 0.1) is 11.6 Å². The number of nitrogens with zero attached hydrogens (tertiary/aromatic N) is 2. The Morgan fingerprint density at radius 3 is 2.70 bits per heavy atom. The minimum Gasteiger partial charge on any atom is -0.378 e. The molecule has 3 rings (SSSR count). The molecule has 2 aromatic rings. The van der Waals surface area contributed by atoms with Gasteiger partial charge in [0.1, 0.15) is 11.6 Å². The molecule has 5 nitrogen and oxygen atoms in total. The predicted molar refractivity (Wildman–Crippen MR) is 81.6 cm³/mol. The van der Waals surface area contributed by atoms with Gasteiger partial charge in [0.05, 0.1) is 36.3 Å². The zero-order valence-corrected chi connectivity index (χ0v) is 12.3. The molecule has 0 spiro atoms. The maximum absolute atomic E-state index is 13.6. The van der Waals surface area contributed by atoms with E-state index in [1.807, 2.05) is 0 Å². The van der Waals surface area contributed by atoms with E-state index in [4.69, 9.17) is 4.74 Å². The quantitative estimate of drug-likeness (QED) is 0.944. The molecule has 1 fully saturated rings. The Balaban J connectivity index is 1.76. The summed E-state index contributed by atoms with van der Waals surface area (Å²) < 4.78 is 31.8. The molecule has 1 aliphatic rings. The number of benzene rings is 1. The topological polar surface area (TPSA) is 54.5 Å². The first-order valence-electron chi connectivity index (χ1n) is 7.17. The molecule has 1 N–H and O–H groups in total. The number of hydrogen-bond donors (Lipinski definition) is 1. The lowest BCUT2D eigenvalue weighted by Crippen LogP contribution is -2.36. The van der Waals surface area contributed by atoms with Crippen LogP contribution in [0.3, 0.4) is 0 Å². The number of carbonyl (C=O) groups is 1. The van der Waals surface area contributed by atoms with Crippen LogP contribution in [-0.2, 0) is 4.74 Å². The number of carbonyl (C=O) groups excluding carboxylic acids is 1. The molecule has 7 heteroatoms. The number of ether oxygens (including phenoxy) is 1. The highest BCUT2D eigenvalue weighted by Gasteiger charge is 2.15. The van der Waals surface area contributed by atoms with Gasteiger partial charge in [-0.25, -0.2) is 8.78 Å². The first-order chi connectivity index (χ1) is 11.1. The summed E-state index contributed by atoms with van der Waals surface area (Å²) in [4.78, 5) is 18.4. The molecule has 0 aliphatic carbocycles. The van der Waals surface area contributed by atoms with Gasteiger partial charge >= 0.3 is 0 Å². The molecule has 0 atom stereocenters. The molecule has 2 heterocycles. The molecule has 1 aromatic heterocycles. The molecular formula is C16H15F2N3O2. The first-order valence-corrected chi connectivity index (χ1v) is 7.17. The Morgan fingerprint density at radius 2 is 1.96 bits per heavy atom. The highest BCUT2D eigenvalue weighted by molar-refractivity contribution is 6.04. The van der Waals surface area contributed by atoms with Crippen LogP contribution >= 0.6 is 0 Å². The third-order valence-corrected chi connectivity index (χ3v) is 3.54. The highest BCUT2D eigenvalue weighted by Crippen LogP contribution is 2.19. The predicted octanol–water partition coefficient (Wildman–Crippen LogP) is 2.45. The van der Waals surface area contributed by atoms with Gasteiger partial charge in [0, 0.05) is 25.4 Å². The Bertz CT molecular complexity index is 718. The summed E-state index contributed by atoms with van der Waals surface area (Å²) in [6, 6.07) is 4.68. The number of rotatable bonds is 3. The Hall–Kier alpha value is -2.54. The van der Waals surface area contributed by atoms with Crippen molar-refractivity contribution in [3.05, 3.63) is 53.9 Å². The summed E-state index contributed by atoms with van der Waals surface area (Å²) in [6.07, 6.45) is 3.07. The fraction of sp³-hybridized carbons (Fsp3) is 0.250. The second kappa shape index (κ2) is 6.70. The molecule has 1 amide bonds. The van der Waals surface area contributed by atoms with E-state index in [-0.39, 0.29) is 5.69 Å². The number of morpholine rings is 1. The minimum atomic E-state index is -0.823. The molecule has 0 radical (unpaired) electrons. The normalized spacial score (nSPS) is 14.6. The molecule has 0 bridgehead atoms. The molecular weight excluding hydrogens is 304 g/mol. The lowest BCUT2D eigenvalue weighted by molar-refractivity contribution is 0.102. The van der Waals surface area contributed by atoms with Gasteiger partial charge in [-0.15, -0.1) is 0 Å². The molecule has 0 saturated carbocycles. The molecule has 23 heavy (non-hydrogen) atoms. The van der Waals surface area contributed by atoms with Crippen molar-refractivity contribution in [3.63, 3.8) is 0 Å². The van der Waals surface area contributed by atoms with Crippen LogP contribution in [0.25, 0.3) is 0 Å². The molecule has 120 valence electrons. The van der Waals surface area contributed by atoms with Crippen molar-refractivity contribution < 1.29 is 18.3 Å². The van der Waals surface area contributed by atoms with Crippen LogP contribution in [0.1, 0.15) is 10.4 Å². The van der Waals surface area contributed by atoms with Crippen molar-refractivity contribution in [2.24, 2.45) is 0 Å². The van der Waals surface area contributed by atoms with Crippen molar-refractivity contribution in [3.8, 4) is 0 Å². The SMILES string of the molecule is O=C(Nc1ccc(F)cc1F)c1cncc(N2CCOCC2)c1. The Labute approximate surface area is 131 Å². The van der Waals surface area contributed by atoms with Gasteiger partial charge in [-0.1, -0.05) is 0 Å². The van der Waals surface area contributed by atoms with Gasteiger partial charge < -0.3 is 15.0 Å². The van der Waals surface area contributed by atoms with Crippen molar-refractivity contribution in [2.45, 2.75) is 0 Å². The van der Waals surface area contributed by atoms with Crippen LogP contribution in [0.2, 0.25) is 0 Å².